The van der Waals surface area contributed by atoms with Gasteiger partial charge in [-0.05, 0) is 26.6 Å². The first-order valence-electron chi connectivity index (χ1n) is 6.02. The zero-order valence-electron chi connectivity index (χ0n) is 10.5. The number of fused-ring (bicyclic) bond motifs is 1. The van der Waals surface area contributed by atoms with Crippen molar-refractivity contribution in [2.75, 3.05) is 33.8 Å². The van der Waals surface area contributed by atoms with Crippen molar-refractivity contribution in [2.45, 2.75) is 11.7 Å². The zero-order valence-corrected chi connectivity index (χ0v) is 11.3. The molecule has 0 aliphatic carbocycles. The van der Waals surface area contributed by atoms with Crippen LogP contribution in [0.3, 0.4) is 0 Å². The van der Waals surface area contributed by atoms with Crippen LogP contribution in [0.4, 0.5) is 0 Å². The molecule has 0 aromatic heterocycles. The Hall–Kier alpha value is -0.710. The molecule has 94 valence electrons. The Morgan fingerprint density at radius 2 is 2.24 bits per heavy atom. The van der Waals surface area contributed by atoms with E-state index in [0.29, 0.717) is 5.25 Å². The number of nitrogens with one attached hydrogen (secondary N) is 1. The predicted molar refractivity (Wildman–Crippen MR) is 73.4 cm³/mol. The van der Waals surface area contributed by atoms with E-state index in [9.17, 15) is 0 Å². The van der Waals surface area contributed by atoms with E-state index in [1.807, 2.05) is 18.0 Å². The Bertz CT molecular complexity index is 357. The van der Waals surface area contributed by atoms with Crippen LogP contribution in [-0.4, -0.2) is 38.7 Å². The average molecular weight is 252 g/mol. The van der Waals surface area contributed by atoms with Crippen LogP contribution in [0.15, 0.2) is 24.3 Å². The Labute approximate surface area is 108 Å². The minimum Gasteiger partial charge on any atom is -0.493 e. The van der Waals surface area contributed by atoms with Crippen LogP contribution < -0.4 is 9.46 Å². The van der Waals surface area contributed by atoms with Gasteiger partial charge in [0.25, 0.3) is 0 Å². The highest BCUT2D eigenvalue weighted by Crippen LogP contribution is 2.39. The van der Waals surface area contributed by atoms with E-state index < -0.39 is 0 Å². The van der Waals surface area contributed by atoms with Gasteiger partial charge >= 0.3 is 0 Å². The molecular formula is C13H20N2OS. The minimum atomic E-state index is 0.516. The SMILES string of the molecule is CN(C)CCNSC1CCOc2ccccc21. The van der Waals surface area contributed by atoms with E-state index in [-0.39, 0.29) is 0 Å². The second-order valence-corrected chi connectivity index (χ2v) is 5.57. The van der Waals surface area contributed by atoms with Gasteiger partial charge in [0.15, 0.2) is 0 Å². The summed E-state index contributed by atoms with van der Waals surface area (Å²) < 4.78 is 9.10. The molecule has 0 spiro atoms. The molecule has 4 heteroatoms. The molecule has 1 aromatic carbocycles. The van der Waals surface area contributed by atoms with Crippen molar-refractivity contribution in [1.29, 1.82) is 0 Å². The van der Waals surface area contributed by atoms with Gasteiger partial charge in [-0.25, -0.2) is 0 Å². The van der Waals surface area contributed by atoms with Gasteiger partial charge in [0.2, 0.25) is 0 Å². The average Bonchev–Trinajstić information content (AvgIpc) is 2.34. The standard InChI is InChI=1S/C13H20N2OS/c1-15(2)9-8-14-17-13-7-10-16-12-6-4-3-5-11(12)13/h3-6,13-14H,7-10H2,1-2H3. The molecule has 0 fully saturated rings. The number of hydrogen-bond donors (Lipinski definition) is 1. The predicted octanol–water partition coefficient (Wildman–Crippen LogP) is 2.31. The second kappa shape index (κ2) is 6.28. The number of ether oxygens (including phenoxy) is 1. The zero-order chi connectivity index (χ0) is 12.1. The van der Waals surface area contributed by atoms with Crippen LogP contribution in [0.2, 0.25) is 0 Å². The highest BCUT2D eigenvalue weighted by atomic mass is 32.2. The third kappa shape index (κ3) is 3.63. The van der Waals surface area contributed by atoms with Gasteiger partial charge in [-0.15, -0.1) is 0 Å². The molecule has 1 aliphatic heterocycles. The van der Waals surface area contributed by atoms with Crippen molar-refractivity contribution >= 4 is 11.9 Å². The summed E-state index contributed by atoms with van der Waals surface area (Å²) >= 11 is 1.83. The molecule has 1 heterocycles. The monoisotopic (exact) mass is 252 g/mol. The van der Waals surface area contributed by atoms with E-state index in [1.54, 1.807) is 0 Å². The lowest BCUT2D eigenvalue weighted by Gasteiger charge is -2.25. The maximum atomic E-state index is 5.65. The molecule has 0 radical (unpaired) electrons. The summed E-state index contributed by atoms with van der Waals surface area (Å²) in [6, 6.07) is 8.34. The third-order valence-electron chi connectivity index (χ3n) is 2.79. The molecule has 1 aromatic rings. The van der Waals surface area contributed by atoms with Gasteiger partial charge in [-0.2, -0.15) is 0 Å². The molecule has 1 unspecified atom stereocenters. The minimum absolute atomic E-state index is 0.516. The summed E-state index contributed by atoms with van der Waals surface area (Å²) in [5.74, 6) is 1.05. The van der Waals surface area contributed by atoms with E-state index in [4.69, 9.17) is 4.74 Å². The number of nitrogens with zero attached hydrogens (tertiary/aromatic N) is 1. The van der Waals surface area contributed by atoms with Gasteiger partial charge in [0, 0.05) is 18.7 Å². The normalized spacial score (nSPS) is 18.9. The Morgan fingerprint density at radius 3 is 3.06 bits per heavy atom. The molecule has 3 nitrogen and oxygen atoms in total. The summed E-state index contributed by atoms with van der Waals surface area (Å²) in [5.41, 5.74) is 1.32. The molecule has 17 heavy (non-hydrogen) atoms. The van der Waals surface area contributed by atoms with Crippen LogP contribution in [0.5, 0.6) is 5.75 Å². The first-order valence-corrected chi connectivity index (χ1v) is 6.90. The van der Waals surface area contributed by atoms with E-state index in [2.05, 4.69) is 41.9 Å². The highest BCUT2D eigenvalue weighted by molar-refractivity contribution is 7.97. The maximum Gasteiger partial charge on any atom is 0.123 e. The van der Waals surface area contributed by atoms with Gasteiger partial charge in [-0.3, -0.25) is 4.72 Å². The second-order valence-electron chi connectivity index (χ2n) is 4.48. The lowest BCUT2D eigenvalue weighted by atomic mass is 10.1. The Morgan fingerprint density at radius 1 is 1.41 bits per heavy atom. The van der Waals surface area contributed by atoms with Crippen LogP contribution >= 0.6 is 11.9 Å². The van der Waals surface area contributed by atoms with Crippen LogP contribution in [0, 0.1) is 0 Å². The first kappa shape index (κ1) is 12.7. The maximum absolute atomic E-state index is 5.65. The third-order valence-corrected chi connectivity index (χ3v) is 3.94. The molecule has 0 bridgehead atoms. The van der Waals surface area contributed by atoms with E-state index in [1.165, 1.54) is 5.56 Å². The van der Waals surface area contributed by atoms with Gasteiger partial charge in [-0.1, -0.05) is 30.1 Å². The van der Waals surface area contributed by atoms with Gasteiger partial charge in [0.05, 0.1) is 11.9 Å². The summed E-state index contributed by atoms with van der Waals surface area (Å²) in [4.78, 5) is 2.19. The van der Waals surface area contributed by atoms with Crippen molar-refractivity contribution in [3.8, 4) is 5.75 Å². The molecule has 1 aliphatic rings. The van der Waals surface area contributed by atoms with Crippen LogP contribution in [-0.2, 0) is 0 Å². The van der Waals surface area contributed by atoms with Gasteiger partial charge in [0.1, 0.15) is 5.75 Å². The van der Waals surface area contributed by atoms with Crippen LogP contribution in [0.25, 0.3) is 0 Å². The number of hydrogen-bond acceptors (Lipinski definition) is 4. The molecule has 0 saturated heterocycles. The Kier molecular flexibility index (Phi) is 4.71. The summed E-state index contributed by atoms with van der Waals surface area (Å²) in [6.45, 7) is 2.90. The number of likely N-dealkylation sites (N-methyl/N-ethyl adjacent to an activating group) is 1. The quantitative estimate of drug-likeness (QED) is 0.642. The number of rotatable bonds is 5. The molecule has 1 N–H and O–H groups in total. The smallest absolute Gasteiger partial charge is 0.123 e. The molecule has 2 rings (SSSR count). The van der Waals surface area contributed by atoms with Crippen molar-refractivity contribution in [2.24, 2.45) is 0 Å². The van der Waals surface area contributed by atoms with Crippen molar-refractivity contribution in [1.82, 2.24) is 9.62 Å². The van der Waals surface area contributed by atoms with Crippen molar-refractivity contribution < 1.29 is 4.74 Å². The topological polar surface area (TPSA) is 24.5 Å². The molecule has 0 saturated carbocycles. The summed E-state index contributed by atoms with van der Waals surface area (Å²) in [7, 11) is 4.19. The van der Waals surface area contributed by atoms with Crippen molar-refractivity contribution in [3.05, 3.63) is 29.8 Å². The lowest BCUT2D eigenvalue weighted by molar-refractivity contribution is 0.286. The highest BCUT2D eigenvalue weighted by Gasteiger charge is 2.21. The lowest BCUT2D eigenvalue weighted by Crippen LogP contribution is -2.24. The molecular weight excluding hydrogens is 232 g/mol. The Balaban J connectivity index is 1.86. The molecule has 1 atom stereocenters. The largest absolute Gasteiger partial charge is 0.493 e. The van der Waals surface area contributed by atoms with Crippen molar-refractivity contribution in [3.63, 3.8) is 0 Å². The fraction of sp³-hybridized carbons (Fsp3) is 0.538. The summed E-state index contributed by atoms with van der Waals surface area (Å²) in [6.07, 6.45) is 1.08. The fourth-order valence-corrected chi connectivity index (χ4v) is 2.81. The number of para-hydroxylation sites is 1. The van der Waals surface area contributed by atoms with Gasteiger partial charge < -0.3 is 9.64 Å². The number of benzene rings is 1. The van der Waals surface area contributed by atoms with E-state index >= 15 is 0 Å². The van der Waals surface area contributed by atoms with Crippen LogP contribution in [0.1, 0.15) is 17.2 Å². The summed E-state index contributed by atoms with van der Waals surface area (Å²) in [5, 5.41) is 0.516. The fourth-order valence-electron chi connectivity index (χ4n) is 1.86. The van der Waals surface area contributed by atoms with E-state index in [0.717, 1.165) is 31.9 Å². The molecule has 0 amide bonds. The first-order chi connectivity index (χ1) is 8.27.